The number of hydrogen-bond donors (Lipinski definition) is 0. The lowest BCUT2D eigenvalue weighted by molar-refractivity contribution is -0.138. The summed E-state index contributed by atoms with van der Waals surface area (Å²) in [6.45, 7) is 5.55. The van der Waals surface area contributed by atoms with Crippen molar-refractivity contribution >= 4 is 16.6 Å². The van der Waals surface area contributed by atoms with Crippen LogP contribution < -0.4 is 0 Å². The van der Waals surface area contributed by atoms with E-state index in [1.807, 2.05) is 57.2 Å². The van der Waals surface area contributed by atoms with Crippen LogP contribution in [0.5, 0.6) is 0 Å². The van der Waals surface area contributed by atoms with E-state index in [4.69, 9.17) is 4.99 Å². The van der Waals surface area contributed by atoms with Gasteiger partial charge >= 0.3 is 6.18 Å². The molecule has 0 bridgehead atoms. The van der Waals surface area contributed by atoms with Crippen LogP contribution in [0.2, 0.25) is 0 Å². The smallest absolute Gasteiger partial charge is 0.276 e. The van der Waals surface area contributed by atoms with Gasteiger partial charge < -0.3 is 0 Å². The minimum Gasteiger partial charge on any atom is -0.276 e. The number of nitrogens with zero attached hydrogens (tertiary/aromatic N) is 2. The van der Waals surface area contributed by atoms with Gasteiger partial charge in [-0.05, 0) is 37.6 Å². The SMILES string of the molecule is CC1c2c(cccc2C(F)(F)F)C(c2ccc3ccccc3n2)=NC1(C)C. The van der Waals surface area contributed by atoms with Gasteiger partial charge in [0.05, 0.1) is 28.0 Å². The Labute approximate surface area is 155 Å². The Morgan fingerprint density at radius 3 is 2.41 bits per heavy atom. The highest BCUT2D eigenvalue weighted by Gasteiger charge is 2.42. The summed E-state index contributed by atoms with van der Waals surface area (Å²) in [4.78, 5) is 9.49. The fourth-order valence-corrected chi connectivity index (χ4v) is 3.68. The number of alkyl halides is 3. The number of fused-ring (bicyclic) bond motifs is 2. The lowest BCUT2D eigenvalue weighted by Gasteiger charge is -2.37. The number of rotatable bonds is 1. The van der Waals surface area contributed by atoms with E-state index in [2.05, 4.69) is 4.98 Å². The zero-order valence-corrected chi connectivity index (χ0v) is 15.3. The van der Waals surface area contributed by atoms with E-state index in [1.54, 1.807) is 6.07 Å². The van der Waals surface area contributed by atoms with E-state index in [1.165, 1.54) is 6.07 Å². The summed E-state index contributed by atoms with van der Waals surface area (Å²) in [6.07, 6.45) is -4.41. The normalized spacial score (nSPS) is 18.9. The maximum absolute atomic E-state index is 13.7. The van der Waals surface area contributed by atoms with Crippen LogP contribution in [-0.4, -0.2) is 16.2 Å². The van der Waals surface area contributed by atoms with Crippen LogP contribution in [0.3, 0.4) is 0 Å². The van der Waals surface area contributed by atoms with Crippen LogP contribution in [0, 0.1) is 0 Å². The van der Waals surface area contributed by atoms with Gasteiger partial charge in [-0.2, -0.15) is 13.2 Å². The number of aromatic nitrogens is 1. The molecule has 2 nitrogen and oxygen atoms in total. The first-order chi connectivity index (χ1) is 12.7. The van der Waals surface area contributed by atoms with Crippen molar-refractivity contribution in [3.63, 3.8) is 0 Å². The molecule has 5 heteroatoms. The molecule has 2 heterocycles. The first kappa shape index (κ1) is 17.7. The highest BCUT2D eigenvalue weighted by Crippen LogP contribution is 2.45. The Morgan fingerprint density at radius 1 is 0.926 bits per heavy atom. The molecule has 0 spiro atoms. The van der Waals surface area contributed by atoms with Gasteiger partial charge in [-0.15, -0.1) is 0 Å². The van der Waals surface area contributed by atoms with Crippen LogP contribution >= 0.6 is 0 Å². The van der Waals surface area contributed by atoms with Gasteiger partial charge in [-0.1, -0.05) is 43.3 Å². The minimum absolute atomic E-state index is 0.301. The summed E-state index contributed by atoms with van der Waals surface area (Å²) in [7, 11) is 0. The average molecular weight is 368 g/mol. The summed E-state index contributed by atoms with van der Waals surface area (Å²) in [5.41, 5.74) is 1.46. The third kappa shape index (κ3) is 2.91. The molecule has 1 aliphatic rings. The van der Waals surface area contributed by atoms with E-state index in [0.717, 1.165) is 17.0 Å². The molecule has 2 aromatic carbocycles. The van der Waals surface area contributed by atoms with E-state index in [-0.39, 0.29) is 5.92 Å². The van der Waals surface area contributed by atoms with Crippen molar-refractivity contribution < 1.29 is 13.2 Å². The van der Waals surface area contributed by atoms with Crippen molar-refractivity contribution in [2.24, 2.45) is 4.99 Å². The Hall–Kier alpha value is -2.69. The summed E-state index contributed by atoms with van der Waals surface area (Å²) < 4.78 is 41.0. The van der Waals surface area contributed by atoms with Gasteiger partial charge in [0, 0.05) is 16.9 Å². The van der Waals surface area contributed by atoms with Crippen molar-refractivity contribution in [2.75, 3.05) is 0 Å². The molecular formula is C22H19F3N2. The average Bonchev–Trinajstić information content (AvgIpc) is 2.63. The molecule has 27 heavy (non-hydrogen) atoms. The minimum atomic E-state index is -4.41. The molecular weight excluding hydrogens is 349 g/mol. The van der Waals surface area contributed by atoms with Crippen LogP contribution in [0.15, 0.2) is 59.6 Å². The topological polar surface area (TPSA) is 25.2 Å². The molecule has 0 N–H and O–H groups in total. The first-order valence-electron chi connectivity index (χ1n) is 8.85. The Kier molecular flexibility index (Phi) is 3.88. The third-order valence-corrected chi connectivity index (χ3v) is 5.40. The van der Waals surface area contributed by atoms with Gasteiger partial charge in [0.15, 0.2) is 0 Å². The van der Waals surface area contributed by atoms with E-state index in [9.17, 15) is 13.2 Å². The number of benzene rings is 2. The molecule has 4 rings (SSSR count). The summed E-state index contributed by atoms with van der Waals surface area (Å²) >= 11 is 0. The molecule has 1 unspecified atom stereocenters. The Bertz CT molecular complexity index is 1060. The molecule has 0 fully saturated rings. The number of halogens is 3. The second-order valence-corrected chi connectivity index (χ2v) is 7.49. The Morgan fingerprint density at radius 2 is 1.67 bits per heavy atom. The van der Waals surface area contributed by atoms with E-state index >= 15 is 0 Å². The fraction of sp³-hybridized carbons (Fsp3) is 0.273. The van der Waals surface area contributed by atoms with Gasteiger partial charge in [-0.3, -0.25) is 4.99 Å². The molecule has 0 saturated carbocycles. The number of hydrogen-bond acceptors (Lipinski definition) is 2. The zero-order chi connectivity index (χ0) is 19.4. The fourth-order valence-electron chi connectivity index (χ4n) is 3.68. The zero-order valence-electron chi connectivity index (χ0n) is 15.3. The molecule has 0 aliphatic carbocycles. The molecule has 1 aliphatic heterocycles. The van der Waals surface area contributed by atoms with Crippen LogP contribution in [0.25, 0.3) is 10.9 Å². The van der Waals surface area contributed by atoms with Crippen molar-refractivity contribution in [3.8, 4) is 0 Å². The van der Waals surface area contributed by atoms with Crippen molar-refractivity contribution in [3.05, 3.63) is 77.0 Å². The monoisotopic (exact) mass is 368 g/mol. The van der Waals surface area contributed by atoms with Gasteiger partial charge in [0.2, 0.25) is 0 Å². The van der Waals surface area contributed by atoms with Crippen LogP contribution in [-0.2, 0) is 6.18 Å². The van der Waals surface area contributed by atoms with Gasteiger partial charge in [0.25, 0.3) is 0 Å². The highest BCUT2D eigenvalue weighted by molar-refractivity contribution is 6.14. The van der Waals surface area contributed by atoms with E-state index in [0.29, 0.717) is 22.5 Å². The van der Waals surface area contributed by atoms with Crippen molar-refractivity contribution in [1.82, 2.24) is 4.98 Å². The predicted octanol–water partition coefficient (Wildman–Crippen LogP) is 5.99. The molecule has 1 atom stereocenters. The van der Waals surface area contributed by atoms with Crippen molar-refractivity contribution in [2.45, 2.75) is 38.4 Å². The predicted molar refractivity (Wildman–Crippen MR) is 101 cm³/mol. The number of aliphatic imine (C=N–C) groups is 1. The summed E-state index contributed by atoms with van der Waals surface area (Å²) in [5.74, 6) is -0.366. The standard InChI is InChI=1S/C22H19F3N2/c1-13-19-15(8-6-9-16(19)22(23,24)25)20(27-21(13,2)3)18-12-11-14-7-4-5-10-17(14)26-18/h4-13H,1-3H3. The number of para-hydroxylation sites is 1. The largest absolute Gasteiger partial charge is 0.416 e. The van der Waals surface area contributed by atoms with E-state index < -0.39 is 17.3 Å². The number of pyridine rings is 1. The molecule has 0 saturated heterocycles. The highest BCUT2D eigenvalue weighted by atomic mass is 19.4. The summed E-state index contributed by atoms with van der Waals surface area (Å²) in [6, 6.07) is 15.7. The molecule has 138 valence electrons. The molecule has 1 aromatic heterocycles. The first-order valence-corrected chi connectivity index (χ1v) is 8.85. The summed E-state index contributed by atoms with van der Waals surface area (Å²) in [5, 5.41) is 0.981. The van der Waals surface area contributed by atoms with Gasteiger partial charge in [0.1, 0.15) is 0 Å². The maximum atomic E-state index is 13.7. The van der Waals surface area contributed by atoms with Crippen LogP contribution in [0.4, 0.5) is 13.2 Å². The lowest BCUT2D eigenvalue weighted by Crippen LogP contribution is -2.35. The molecule has 3 aromatic rings. The quantitative estimate of drug-likeness (QED) is 0.518. The van der Waals surface area contributed by atoms with Crippen molar-refractivity contribution in [1.29, 1.82) is 0 Å². The molecule has 0 amide bonds. The third-order valence-electron chi connectivity index (χ3n) is 5.40. The second kappa shape index (κ2) is 5.91. The van der Waals surface area contributed by atoms with Crippen LogP contribution in [0.1, 0.15) is 49.1 Å². The Balaban J connectivity index is 1.99. The van der Waals surface area contributed by atoms with Gasteiger partial charge in [-0.25, -0.2) is 4.98 Å². The second-order valence-electron chi connectivity index (χ2n) is 7.49. The maximum Gasteiger partial charge on any atom is 0.416 e. The lowest BCUT2D eigenvalue weighted by atomic mass is 9.75. The molecule has 0 radical (unpaired) electrons.